The molecule has 1 atom stereocenters. The molecule has 8 heteroatoms. The van der Waals surface area contributed by atoms with Crippen LogP contribution in [0.5, 0.6) is 5.75 Å². The third kappa shape index (κ3) is 4.27. The maximum Gasteiger partial charge on any atom is 0.269 e. The standard InChI is InChI=1S/C24H31N5O3/c1-5-20-24(31)27-22-15(2)17(6-9-21(22)32-20)14-28-10-12-29(13-11-28)19-8-7-18(23(30)25-4)26-16(19)3/h6-9,20H,5,10-14H2,1-4H3,(H,25,30)(H,27,31). The summed E-state index contributed by atoms with van der Waals surface area (Å²) in [5, 5.41) is 5.65. The first-order valence-electron chi connectivity index (χ1n) is 11.2. The summed E-state index contributed by atoms with van der Waals surface area (Å²) in [7, 11) is 1.61. The molecule has 3 heterocycles. The molecule has 0 aliphatic carbocycles. The highest BCUT2D eigenvalue weighted by molar-refractivity contribution is 5.98. The molecule has 0 saturated carbocycles. The minimum absolute atomic E-state index is 0.0692. The lowest BCUT2D eigenvalue weighted by molar-refractivity contribution is -0.123. The van der Waals surface area contributed by atoms with Gasteiger partial charge in [-0.1, -0.05) is 13.0 Å². The topological polar surface area (TPSA) is 86.8 Å². The van der Waals surface area contributed by atoms with Crippen molar-refractivity contribution in [1.29, 1.82) is 0 Å². The van der Waals surface area contributed by atoms with Crippen molar-refractivity contribution in [3.05, 3.63) is 46.8 Å². The van der Waals surface area contributed by atoms with Crippen molar-refractivity contribution in [2.24, 2.45) is 0 Å². The van der Waals surface area contributed by atoms with E-state index in [4.69, 9.17) is 4.74 Å². The van der Waals surface area contributed by atoms with Crippen LogP contribution < -0.4 is 20.3 Å². The molecule has 0 bridgehead atoms. The first-order valence-corrected chi connectivity index (χ1v) is 11.2. The molecule has 1 saturated heterocycles. The molecule has 1 aromatic carbocycles. The second-order valence-electron chi connectivity index (χ2n) is 8.37. The molecule has 8 nitrogen and oxygen atoms in total. The lowest BCUT2D eigenvalue weighted by Gasteiger charge is -2.37. The molecule has 1 unspecified atom stereocenters. The Morgan fingerprint density at radius 3 is 2.59 bits per heavy atom. The van der Waals surface area contributed by atoms with E-state index in [0.29, 0.717) is 12.1 Å². The number of piperazine rings is 1. The van der Waals surface area contributed by atoms with Gasteiger partial charge in [0, 0.05) is 39.8 Å². The summed E-state index contributed by atoms with van der Waals surface area (Å²) >= 11 is 0. The van der Waals surface area contributed by atoms with Gasteiger partial charge in [0.05, 0.1) is 17.1 Å². The Labute approximate surface area is 188 Å². The van der Waals surface area contributed by atoms with Gasteiger partial charge < -0.3 is 20.3 Å². The molecule has 4 rings (SSSR count). The number of ether oxygens (including phenoxy) is 1. The molecule has 32 heavy (non-hydrogen) atoms. The van der Waals surface area contributed by atoms with Crippen molar-refractivity contribution in [2.45, 2.75) is 39.8 Å². The molecule has 170 valence electrons. The quantitative estimate of drug-likeness (QED) is 0.748. The van der Waals surface area contributed by atoms with Crippen molar-refractivity contribution < 1.29 is 14.3 Å². The number of benzene rings is 1. The zero-order valence-corrected chi connectivity index (χ0v) is 19.2. The number of amides is 2. The van der Waals surface area contributed by atoms with Crippen LogP contribution in [0.25, 0.3) is 0 Å². The van der Waals surface area contributed by atoms with Gasteiger partial charge in [-0.15, -0.1) is 0 Å². The van der Waals surface area contributed by atoms with Crippen LogP contribution in [-0.2, 0) is 11.3 Å². The van der Waals surface area contributed by atoms with Crippen LogP contribution in [0.15, 0.2) is 24.3 Å². The Bertz CT molecular complexity index is 1030. The van der Waals surface area contributed by atoms with Gasteiger partial charge in [0.1, 0.15) is 11.4 Å². The Morgan fingerprint density at radius 1 is 1.19 bits per heavy atom. The van der Waals surface area contributed by atoms with Gasteiger partial charge in [-0.2, -0.15) is 0 Å². The predicted octanol–water partition coefficient (Wildman–Crippen LogP) is 2.49. The minimum atomic E-state index is -0.413. The second kappa shape index (κ2) is 9.16. The van der Waals surface area contributed by atoms with Gasteiger partial charge in [-0.25, -0.2) is 4.98 Å². The zero-order valence-electron chi connectivity index (χ0n) is 19.2. The Morgan fingerprint density at radius 2 is 1.94 bits per heavy atom. The smallest absolute Gasteiger partial charge is 0.269 e. The molecule has 1 aromatic heterocycles. The molecule has 2 aromatic rings. The summed E-state index contributed by atoms with van der Waals surface area (Å²) in [5.74, 6) is 0.516. The van der Waals surface area contributed by atoms with E-state index < -0.39 is 6.10 Å². The van der Waals surface area contributed by atoms with E-state index in [2.05, 4.69) is 31.5 Å². The monoisotopic (exact) mass is 437 g/mol. The summed E-state index contributed by atoms with van der Waals surface area (Å²) in [5.41, 5.74) is 5.45. The zero-order chi connectivity index (χ0) is 22.8. The van der Waals surface area contributed by atoms with Crippen LogP contribution in [0, 0.1) is 13.8 Å². The van der Waals surface area contributed by atoms with Crippen molar-refractivity contribution in [1.82, 2.24) is 15.2 Å². The van der Waals surface area contributed by atoms with E-state index in [-0.39, 0.29) is 11.8 Å². The van der Waals surface area contributed by atoms with E-state index in [9.17, 15) is 9.59 Å². The summed E-state index contributed by atoms with van der Waals surface area (Å²) in [4.78, 5) is 33.3. The van der Waals surface area contributed by atoms with Gasteiger partial charge in [0.25, 0.3) is 11.8 Å². The third-order valence-corrected chi connectivity index (χ3v) is 6.34. The molecule has 2 N–H and O–H groups in total. The van der Waals surface area contributed by atoms with Crippen LogP contribution in [-0.4, -0.2) is 61.0 Å². The normalized spacial score (nSPS) is 18.6. The first-order chi connectivity index (χ1) is 15.4. The number of rotatable bonds is 5. The minimum Gasteiger partial charge on any atom is -0.478 e. The maximum absolute atomic E-state index is 12.2. The third-order valence-electron chi connectivity index (χ3n) is 6.34. The average molecular weight is 438 g/mol. The maximum atomic E-state index is 12.2. The summed E-state index contributed by atoms with van der Waals surface area (Å²) in [6.07, 6.45) is 0.240. The van der Waals surface area contributed by atoms with Crippen LogP contribution in [0.3, 0.4) is 0 Å². The van der Waals surface area contributed by atoms with Crippen LogP contribution in [0.4, 0.5) is 11.4 Å². The highest BCUT2D eigenvalue weighted by Gasteiger charge is 2.28. The number of carbonyl (C=O) groups is 2. The van der Waals surface area contributed by atoms with E-state index >= 15 is 0 Å². The summed E-state index contributed by atoms with van der Waals surface area (Å²) < 4.78 is 5.86. The van der Waals surface area contributed by atoms with Crippen molar-refractivity contribution in [3.8, 4) is 5.75 Å². The van der Waals surface area contributed by atoms with Gasteiger partial charge >= 0.3 is 0 Å². The molecule has 2 aliphatic heterocycles. The molecule has 0 spiro atoms. The van der Waals surface area contributed by atoms with Crippen molar-refractivity contribution >= 4 is 23.2 Å². The van der Waals surface area contributed by atoms with Crippen molar-refractivity contribution in [2.75, 3.05) is 43.4 Å². The SMILES string of the molecule is CCC1Oc2ccc(CN3CCN(c4ccc(C(=O)NC)nc4C)CC3)c(C)c2NC1=O. The fourth-order valence-corrected chi connectivity index (χ4v) is 4.36. The van der Waals surface area contributed by atoms with E-state index in [1.807, 2.05) is 32.9 Å². The number of fused-ring (bicyclic) bond motifs is 1. The summed E-state index contributed by atoms with van der Waals surface area (Å²) in [6.45, 7) is 10.4. The highest BCUT2D eigenvalue weighted by Crippen LogP contribution is 2.35. The largest absolute Gasteiger partial charge is 0.478 e. The number of aromatic nitrogens is 1. The van der Waals surface area contributed by atoms with E-state index in [1.165, 1.54) is 5.56 Å². The van der Waals surface area contributed by atoms with Crippen molar-refractivity contribution in [3.63, 3.8) is 0 Å². The number of carbonyl (C=O) groups excluding carboxylic acids is 2. The number of hydrogen-bond acceptors (Lipinski definition) is 6. The Balaban J connectivity index is 1.40. The molecule has 2 aliphatic rings. The van der Waals surface area contributed by atoms with Crippen LogP contribution in [0.1, 0.15) is 40.7 Å². The van der Waals surface area contributed by atoms with Gasteiger partial charge in [-0.05, 0) is 49.6 Å². The number of anilines is 2. The summed E-state index contributed by atoms with van der Waals surface area (Å²) in [6, 6.07) is 7.85. The highest BCUT2D eigenvalue weighted by atomic mass is 16.5. The molecule has 2 amide bonds. The first kappa shape index (κ1) is 22.1. The second-order valence-corrected chi connectivity index (χ2v) is 8.37. The molecule has 0 radical (unpaired) electrons. The number of hydrogen-bond donors (Lipinski definition) is 2. The van der Waals surface area contributed by atoms with Crippen LogP contribution in [0.2, 0.25) is 0 Å². The Kier molecular flexibility index (Phi) is 6.32. The number of aryl methyl sites for hydroxylation is 1. The van der Waals surface area contributed by atoms with Gasteiger partial charge in [0.2, 0.25) is 0 Å². The van der Waals surface area contributed by atoms with Gasteiger partial charge in [0.15, 0.2) is 6.10 Å². The molecule has 1 fully saturated rings. The van der Waals surface area contributed by atoms with E-state index in [0.717, 1.165) is 61.1 Å². The predicted molar refractivity (Wildman–Crippen MR) is 124 cm³/mol. The molecular formula is C24H31N5O3. The van der Waals surface area contributed by atoms with Gasteiger partial charge in [-0.3, -0.25) is 14.5 Å². The molecular weight excluding hydrogens is 406 g/mol. The lowest BCUT2D eigenvalue weighted by Crippen LogP contribution is -2.46. The Hall–Kier alpha value is -3.13. The average Bonchev–Trinajstić information content (AvgIpc) is 2.81. The number of nitrogens with one attached hydrogen (secondary N) is 2. The van der Waals surface area contributed by atoms with E-state index in [1.54, 1.807) is 13.1 Å². The fraction of sp³-hybridized carbons (Fsp3) is 0.458. The number of pyridine rings is 1. The number of nitrogens with zero attached hydrogens (tertiary/aromatic N) is 3. The van der Waals surface area contributed by atoms with Crippen LogP contribution >= 0.6 is 0 Å². The fourth-order valence-electron chi connectivity index (χ4n) is 4.36. The lowest BCUT2D eigenvalue weighted by atomic mass is 10.0.